The van der Waals surface area contributed by atoms with Crippen LogP contribution in [0.25, 0.3) is 11.1 Å². The fourth-order valence-electron chi connectivity index (χ4n) is 3.50. The number of rotatable bonds is 6. The van der Waals surface area contributed by atoms with Crippen molar-refractivity contribution >= 4 is 5.91 Å². The zero-order valence-electron chi connectivity index (χ0n) is 16.4. The molecule has 0 aliphatic carbocycles. The number of benzene rings is 2. The van der Waals surface area contributed by atoms with Crippen LogP contribution in [-0.4, -0.2) is 56.3 Å². The number of carbonyl (C=O) groups is 1. The number of ether oxygens (including phenoxy) is 2. The number of nitrogens with one attached hydrogen (secondary N) is 1. The molecule has 0 saturated carbocycles. The summed E-state index contributed by atoms with van der Waals surface area (Å²) in [7, 11) is 3.36. The van der Waals surface area contributed by atoms with E-state index in [0.717, 1.165) is 30.0 Å². The van der Waals surface area contributed by atoms with E-state index in [1.54, 1.807) is 14.2 Å². The predicted molar refractivity (Wildman–Crippen MR) is 107 cm³/mol. The standard InChI is InChI=1S/C22H28N2O3/c1-15(2)24-13-20(21(14-24)27-4)23-22(25)18-9-5-7-16(11-18)17-8-6-10-19(12-17)26-3/h5-12,15,20-21H,13-14H2,1-4H3,(H,23,25)/t20-,21-/m0/s1. The monoisotopic (exact) mass is 368 g/mol. The van der Waals surface area contributed by atoms with Gasteiger partial charge in [0.2, 0.25) is 0 Å². The van der Waals surface area contributed by atoms with Crippen LogP contribution in [0.2, 0.25) is 0 Å². The molecule has 1 N–H and O–H groups in total. The van der Waals surface area contributed by atoms with Crippen molar-refractivity contribution in [1.29, 1.82) is 0 Å². The third-order valence-electron chi connectivity index (χ3n) is 5.17. The maximum atomic E-state index is 12.8. The summed E-state index contributed by atoms with van der Waals surface area (Å²) < 4.78 is 10.9. The Morgan fingerprint density at radius 3 is 2.44 bits per heavy atom. The van der Waals surface area contributed by atoms with Gasteiger partial charge >= 0.3 is 0 Å². The number of nitrogens with zero attached hydrogens (tertiary/aromatic N) is 1. The Morgan fingerprint density at radius 1 is 1.07 bits per heavy atom. The van der Waals surface area contributed by atoms with Gasteiger partial charge in [0.15, 0.2) is 0 Å². The van der Waals surface area contributed by atoms with Crippen LogP contribution >= 0.6 is 0 Å². The highest BCUT2D eigenvalue weighted by Gasteiger charge is 2.35. The summed E-state index contributed by atoms with van der Waals surface area (Å²) in [6.45, 7) is 5.96. The molecule has 2 atom stereocenters. The SMILES string of the molecule is COc1cccc(-c2cccc(C(=O)N[C@H]3CN(C(C)C)C[C@@H]3OC)c2)c1. The minimum atomic E-state index is -0.0718. The Kier molecular flexibility index (Phi) is 6.14. The molecule has 1 amide bonds. The first-order valence-corrected chi connectivity index (χ1v) is 9.34. The lowest BCUT2D eigenvalue weighted by Crippen LogP contribution is -2.43. The molecule has 2 aromatic carbocycles. The quantitative estimate of drug-likeness (QED) is 0.851. The molecule has 0 unspecified atom stereocenters. The molecule has 144 valence electrons. The minimum absolute atomic E-state index is 0.00891. The van der Waals surface area contributed by atoms with Crippen LogP contribution in [0, 0.1) is 0 Å². The Hall–Kier alpha value is -2.37. The van der Waals surface area contributed by atoms with E-state index in [0.29, 0.717) is 11.6 Å². The zero-order chi connectivity index (χ0) is 19.4. The fourth-order valence-corrected chi connectivity index (χ4v) is 3.50. The third kappa shape index (κ3) is 4.49. The first-order valence-electron chi connectivity index (χ1n) is 9.34. The van der Waals surface area contributed by atoms with E-state index in [1.807, 2.05) is 48.5 Å². The molecule has 0 aromatic heterocycles. The molecule has 2 aromatic rings. The molecule has 1 aliphatic heterocycles. The van der Waals surface area contributed by atoms with Crippen molar-refractivity contribution < 1.29 is 14.3 Å². The fraction of sp³-hybridized carbons (Fsp3) is 0.409. The van der Waals surface area contributed by atoms with Gasteiger partial charge in [0.25, 0.3) is 5.91 Å². The van der Waals surface area contributed by atoms with Crippen molar-refractivity contribution in [3.8, 4) is 16.9 Å². The molecule has 1 heterocycles. The molecular formula is C22H28N2O3. The second-order valence-electron chi connectivity index (χ2n) is 7.21. The molecule has 5 nitrogen and oxygen atoms in total. The van der Waals surface area contributed by atoms with Crippen LogP contribution in [0.5, 0.6) is 5.75 Å². The second kappa shape index (κ2) is 8.55. The van der Waals surface area contributed by atoms with E-state index in [-0.39, 0.29) is 18.1 Å². The topological polar surface area (TPSA) is 50.8 Å². The maximum absolute atomic E-state index is 12.8. The average Bonchev–Trinajstić information content (AvgIpc) is 3.11. The van der Waals surface area contributed by atoms with Crippen LogP contribution in [0.3, 0.4) is 0 Å². The van der Waals surface area contributed by atoms with Gasteiger partial charge in [-0.15, -0.1) is 0 Å². The van der Waals surface area contributed by atoms with E-state index in [1.165, 1.54) is 0 Å². The van der Waals surface area contributed by atoms with Crippen molar-refractivity contribution in [3.63, 3.8) is 0 Å². The van der Waals surface area contributed by atoms with Gasteiger partial charge in [-0.25, -0.2) is 0 Å². The van der Waals surface area contributed by atoms with Gasteiger partial charge < -0.3 is 14.8 Å². The Balaban J connectivity index is 1.75. The molecular weight excluding hydrogens is 340 g/mol. The van der Waals surface area contributed by atoms with Gasteiger partial charge in [-0.2, -0.15) is 0 Å². The highest BCUT2D eigenvalue weighted by atomic mass is 16.5. The normalized spacial score (nSPS) is 20.0. The number of likely N-dealkylation sites (tertiary alicyclic amines) is 1. The predicted octanol–water partition coefficient (Wildman–Crippen LogP) is 3.20. The van der Waals surface area contributed by atoms with Crippen molar-refractivity contribution in [3.05, 3.63) is 54.1 Å². The van der Waals surface area contributed by atoms with E-state index >= 15 is 0 Å². The summed E-state index contributed by atoms with van der Waals surface area (Å²) in [5.41, 5.74) is 2.65. The summed E-state index contributed by atoms with van der Waals surface area (Å²) in [6.07, 6.45) is 0.0120. The summed E-state index contributed by atoms with van der Waals surface area (Å²) in [4.78, 5) is 15.2. The molecule has 0 bridgehead atoms. The van der Waals surface area contributed by atoms with Crippen LogP contribution in [0.15, 0.2) is 48.5 Å². The first-order chi connectivity index (χ1) is 13.0. The van der Waals surface area contributed by atoms with Crippen molar-refractivity contribution in [2.24, 2.45) is 0 Å². The smallest absolute Gasteiger partial charge is 0.251 e. The van der Waals surface area contributed by atoms with E-state index in [4.69, 9.17) is 9.47 Å². The molecule has 0 radical (unpaired) electrons. The van der Waals surface area contributed by atoms with Crippen LogP contribution in [0.1, 0.15) is 24.2 Å². The highest BCUT2D eigenvalue weighted by Crippen LogP contribution is 2.25. The summed E-state index contributed by atoms with van der Waals surface area (Å²) in [5.74, 6) is 0.724. The number of hydrogen-bond acceptors (Lipinski definition) is 4. The molecule has 1 fully saturated rings. The molecule has 5 heteroatoms. The summed E-state index contributed by atoms with van der Waals surface area (Å²) in [6, 6.07) is 15.9. The van der Waals surface area contributed by atoms with Gasteiger partial charge in [-0.05, 0) is 49.2 Å². The number of methoxy groups -OCH3 is 2. The molecule has 3 rings (SSSR count). The Labute approximate surface area is 161 Å². The highest BCUT2D eigenvalue weighted by molar-refractivity contribution is 5.95. The van der Waals surface area contributed by atoms with Gasteiger partial charge in [-0.1, -0.05) is 24.3 Å². The van der Waals surface area contributed by atoms with Crippen LogP contribution in [0.4, 0.5) is 0 Å². The summed E-state index contributed by atoms with van der Waals surface area (Å²) >= 11 is 0. The van der Waals surface area contributed by atoms with Gasteiger partial charge in [0.05, 0.1) is 19.3 Å². The van der Waals surface area contributed by atoms with Crippen molar-refractivity contribution in [1.82, 2.24) is 10.2 Å². The average molecular weight is 368 g/mol. The first kappa shape index (κ1) is 19.4. The van der Waals surface area contributed by atoms with Crippen LogP contribution < -0.4 is 10.1 Å². The van der Waals surface area contributed by atoms with Crippen LogP contribution in [-0.2, 0) is 4.74 Å². The molecule has 27 heavy (non-hydrogen) atoms. The van der Waals surface area contributed by atoms with Crippen molar-refractivity contribution in [2.45, 2.75) is 32.0 Å². The maximum Gasteiger partial charge on any atom is 0.251 e. The van der Waals surface area contributed by atoms with E-state index in [2.05, 4.69) is 24.1 Å². The largest absolute Gasteiger partial charge is 0.497 e. The zero-order valence-corrected chi connectivity index (χ0v) is 16.4. The van der Waals surface area contributed by atoms with Gasteiger partial charge in [0, 0.05) is 31.8 Å². The second-order valence-corrected chi connectivity index (χ2v) is 7.21. The molecule has 0 spiro atoms. The minimum Gasteiger partial charge on any atom is -0.497 e. The lowest BCUT2D eigenvalue weighted by molar-refractivity contribution is 0.0753. The Bertz CT molecular complexity index is 791. The van der Waals surface area contributed by atoms with Gasteiger partial charge in [-0.3, -0.25) is 9.69 Å². The van der Waals surface area contributed by atoms with Crippen molar-refractivity contribution in [2.75, 3.05) is 27.3 Å². The van der Waals surface area contributed by atoms with E-state index in [9.17, 15) is 4.79 Å². The third-order valence-corrected chi connectivity index (χ3v) is 5.17. The van der Waals surface area contributed by atoms with E-state index < -0.39 is 0 Å². The summed E-state index contributed by atoms with van der Waals surface area (Å²) in [5, 5.41) is 3.15. The lowest BCUT2D eigenvalue weighted by atomic mass is 10.0. The Morgan fingerprint density at radius 2 is 1.78 bits per heavy atom. The number of hydrogen-bond donors (Lipinski definition) is 1. The van der Waals surface area contributed by atoms with Gasteiger partial charge in [0.1, 0.15) is 5.75 Å². The lowest BCUT2D eigenvalue weighted by Gasteiger charge is -2.20. The number of carbonyl (C=O) groups excluding carboxylic acids is 1. The molecule has 1 aliphatic rings. The number of amides is 1. The molecule has 1 saturated heterocycles.